The van der Waals surface area contributed by atoms with Gasteiger partial charge in [0.1, 0.15) is 5.60 Å². The number of carbonyl (C=O) groups excluding carboxylic acids is 1. The number of rotatable bonds is 5. The Morgan fingerprint density at radius 2 is 1.87 bits per heavy atom. The summed E-state index contributed by atoms with van der Waals surface area (Å²) < 4.78 is 5.25. The van der Waals surface area contributed by atoms with Gasteiger partial charge in [-0.3, -0.25) is 0 Å². The molecule has 0 aromatic heterocycles. The Bertz CT molecular complexity index is 221. The van der Waals surface area contributed by atoms with E-state index < -0.39 is 5.60 Å². The molecule has 0 aliphatic carbocycles. The molecule has 88 valence electrons. The van der Waals surface area contributed by atoms with Gasteiger partial charge in [0, 0.05) is 5.57 Å². The third kappa shape index (κ3) is 8.22. The molecule has 15 heavy (non-hydrogen) atoms. The Kier molecular flexibility index (Phi) is 6.30. The van der Waals surface area contributed by atoms with Crippen molar-refractivity contribution >= 4 is 5.97 Å². The number of allylic oxidation sites excluding steroid dienone is 1. The van der Waals surface area contributed by atoms with Crippen LogP contribution in [-0.2, 0) is 9.53 Å². The fourth-order valence-corrected chi connectivity index (χ4v) is 1.15. The normalized spacial score (nSPS) is 12.7. The SMILES string of the molecule is CCCCC/C=C(/C)C(=O)OC(C)(C)C. The van der Waals surface area contributed by atoms with Crippen LogP contribution in [0, 0.1) is 0 Å². The molecule has 0 saturated carbocycles. The molecular formula is C13H24O2. The highest BCUT2D eigenvalue weighted by molar-refractivity contribution is 5.87. The van der Waals surface area contributed by atoms with Crippen molar-refractivity contribution in [2.24, 2.45) is 0 Å². The number of carbonyl (C=O) groups is 1. The van der Waals surface area contributed by atoms with Crippen molar-refractivity contribution in [3.8, 4) is 0 Å². The molecule has 0 fully saturated rings. The Hall–Kier alpha value is -0.790. The van der Waals surface area contributed by atoms with Gasteiger partial charge >= 0.3 is 5.97 Å². The van der Waals surface area contributed by atoms with Crippen LogP contribution < -0.4 is 0 Å². The quantitative estimate of drug-likeness (QED) is 0.393. The lowest BCUT2D eigenvalue weighted by molar-refractivity contribution is -0.149. The summed E-state index contributed by atoms with van der Waals surface area (Å²) in [5.74, 6) is -0.195. The molecule has 0 heterocycles. The monoisotopic (exact) mass is 212 g/mol. The second-order valence-corrected chi connectivity index (χ2v) is 4.88. The van der Waals surface area contributed by atoms with Crippen molar-refractivity contribution in [3.05, 3.63) is 11.6 Å². The number of unbranched alkanes of at least 4 members (excludes halogenated alkanes) is 3. The molecule has 0 saturated heterocycles. The van der Waals surface area contributed by atoms with Gasteiger partial charge in [-0.25, -0.2) is 4.79 Å². The van der Waals surface area contributed by atoms with Gasteiger partial charge in [-0.05, 0) is 40.5 Å². The molecule has 0 radical (unpaired) electrons. The van der Waals surface area contributed by atoms with E-state index in [2.05, 4.69) is 6.92 Å². The van der Waals surface area contributed by atoms with E-state index in [9.17, 15) is 4.79 Å². The Morgan fingerprint density at radius 1 is 1.27 bits per heavy atom. The molecule has 0 atom stereocenters. The minimum Gasteiger partial charge on any atom is -0.457 e. The fraction of sp³-hybridized carbons (Fsp3) is 0.769. The average Bonchev–Trinajstić information content (AvgIpc) is 2.09. The molecular weight excluding hydrogens is 188 g/mol. The zero-order chi connectivity index (χ0) is 11.9. The smallest absolute Gasteiger partial charge is 0.333 e. The van der Waals surface area contributed by atoms with Crippen LogP contribution in [0.15, 0.2) is 11.6 Å². The summed E-state index contributed by atoms with van der Waals surface area (Å²) in [6.45, 7) is 9.64. The van der Waals surface area contributed by atoms with Crippen LogP contribution in [0.3, 0.4) is 0 Å². The maximum atomic E-state index is 11.5. The summed E-state index contributed by atoms with van der Waals surface area (Å²) in [7, 11) is 0. The summed E-state index contributed by atoms with van der Waals surface area (Å²) in [5, 5.41) is 0. The number of ether oxygens (including phenoxy) is 1. The lowest BCUT2D eigenvalue weighted by Crippen LogP contribution is -2.24. The van der Waals surface area contributed by atoms with Crippen molar-refractivity contribution in [1.29, 1.82) is 0 Å². The molecule has 0 unspecified atom stereocenters. The minimum atomic E-state index is -0.393. The Labute approximate surface area is 93.7 Å². The minimum absolute atomic E-state index is 0.195. The van der Waals surface area contributed by atoms with Crippen molar-refractivity contribution in [2.45, 2.75) is 65.9 Å². The van der Waals surface area contributed by atoms with Crippen LogP contribution in [0.5, 0.6) is 0 Å². The lowest BCUT2D eigenvalue weighted by atomic mass is 10.1. The second kappa shape index (κ2) is 6.65. The Morgan fingerprint density at radius 3 is 2.33 bits per heavy atom. The highest BCUT2D eigenvalue weighted by Crippen LogP contribution is 2.11. The van der Waals surface area contributed by atoms with Gasteiger partial charge < -0.3 is 4.74 Å². The molecule has 0 aromatic carbocycles. The second-order valence-electron chi connectivity index (χ2n) is 4.88. The highest BCUT2D eigenvalue weighted by atomic mass is 16.6. The molecule has 0 N–H and O–H groups in total. The van der Waals surface area contributed by atoms with Crippen LogP contribution in [0.1, 0.15) is 60.3 Å². The van der Waals surface area contributed by atoms with Gasteiger partial charge in [0.05, 0.1) is 0 Å². The largest absolute Gasteiger partial charge is 0.457 e. The zero-order valence-electron chi connectivity index (χ0n) is 10.7. The summed E-state index contributed by atoms with van der Waals surface area (Å²) in [6.07, 6.45) is 6.52. The summed E-state index contributed by atoms with van der Waals surface area (Å²) in [5.41, 5.74) is 0.330. The van der Waals surface area contributed by atoms with Gasteiger partial charge in [-0.15, -0.1) is 0 Å². The first-order valence-electron chi connectivity index (χ1n) is 5.77. The van der Waals surface area contributed by atoms with Gasteiger partial charge in [-0.2, -0.15) is 0 Å². The van der Waals surface area contributed by atoms with Crippen LogP contribution in [0.25, 0.3) is 0 Å². The molecule has 2 heteroatoms. The van der Waals surface area contributed by atoms with E-state index in [0.717, 1.165) is 18.4 Å². The molecule has 0 spiro atoms. The number of hydrogen-bond acceptors (Lipinski definition) is 2. The van der Waals surface area contributed by atoms with E-state index in [1.807, 2.05) is 33.8 Å². The van der Waals surface area contributed by atoms with Gasteiger partial charge in [0.25, 0.3) is 0 Å². The third-order valence-corrected chi connectivity index (χ3v) is 1.98. The molecule has 0 amide bonds. The van der Waals surface area contributed by atoms with E-state index >= 15 is 0 Å². The van der Waals surface area contributed by atoms with Crippen LogP contribution in [0.2, 0.25) is 0 Å². The molecule has 0 aliphatic rings. The van der Waals surface area contributed by atoms with E-state index in [4.69, 9.17) is 4.74 Å². The summed E-state index contributed by atoms with van der Waals surface area (Å²) in [4.78, 5) is 11.5. The fourth-order valence-electron chi connectivity index (χ4n) is 1.15. The third-order valence-electron chi connectivity index (χ3n) is 1.98. The van der Waals surface area contributed by atoms with Crippen molar-refractivity contribution < 1.29 is 9.53 Å². The van der Waals surface area contributed by atoms with Crippen LogP contribution in [-0.4, -0.2) is 11.6 Å². The van der Waals surface area contributed by atoms with E-state index in [-0.39, 0.29) is 5.97 Å². The van der Waals surface area contributed by atoms with Crippen molar-refractivity contribution in [2.75, 3.05) is 0 Å². The average molecular weight is 212 g/mol. The molecule has 0 bridgehead atoms. The molecule has 0 aromatic rings. The van der Waals surface area contributed by atoms with E-state index in [0.29, 0.717) is 0 Å². The summed E-state index contributed by atoms with van der Waals surface area (Å²) >= 11 is 0. The summed E-state index contributed by atoms with van der Waals surface area (Å²) in [6, 6.07) is 0. The van der Waals surface area contributed by atoms with Gasteiger partial charge in [0.2, 0.25) is 0 Å². The van der Waals surface area contributed by atoms with Crippen molar-refractivity contribution in [1.82, 2.24) is 0 Å². The number of esters is 1. The van der Waals surface area contributed by atoms with Crippen molar-refractivity contribution in [3.63, 3.8) is 0 Å². The highest BCUT2D eigenvalue weighted by Gasteiger charge is 2.16. The maximum absolute atomic E-state index is 11.5. The van der Waals surface area contributed by atoms with Crippen LogP contribution in [0.4, 0.5) is 0 Å². The first-order chi connectivity index (χ1) is 6.87. The zero-order valence-corrected chi connectivity index (χ0v) is 10.7. The lowest BCUT2D eigenvalue weighted by Gasteiger charge is -2.19. The number of hydrogen-bond donors (Lipinski definition) is 0. The molecule has 2 nitrogen and oxygen atoms in total. The Balaban J connectivity index is 3.97. The van der Waals surface area contributed by atoms with E-state index in [1.165, 1.54) is 12.8 Å². The predicted octanol–water partition coefficient (Wildman–Crippen LogP) is 3.85. The van der Waals surface area contributed by atoms with E-state index in [1.54, 1.807) is 0 Å². The van der Waals surface area contributed by atoms with Gasteiger partial charge in [0.15, 0.2) is 0 Å². The standard InChI is InChI=1S/C13H24O2/c1-6-7-8-9-10-11(2)12(14)15-13(3,4)5/h10H,6-9H2,1-5H3/b11-10-. The molecule has 0 aliphatic heterocycles. The molecule has 0 rings (SSSR count). The van der Waals surface area contributed by atoms with Crippen LogP contribution >= 0.6 is 0 Å². The maximum Gasteiger partial charge on any atom is 0.333 e. The van der Waals surface area contributed by atoms with Gasteiger partial charge in [-0.1, -0.05) is 25.8 Å². The first-order valence-corrected chi connectivity index (χ1v) is 5.77. The first kappa shape index (κ1) is 14.2. The topological polar surface area (TPSA) is 26.3 Å². The predicted molar refractivity (Wildman–Crippen MR) is 63.7 cm³/mol.